The maximum Gasteiger partial charge on any atom is 0.410 e. The molecule has 6 aromatic heterocycles. The van der Waals surface area contributed by atoms with Gasteiger partial charge in [0.05, 0.1) is 98.2 Å². The van der Waals surface area contributed by atoms with Crippen LogP contribution in [0.3, 0.4) is 0 Å². The van der Waals surface area contributed by atoms with E-state index in [2.05, 4.69) is 60.7 Å². The lowest BCUT2D eigenvalue weighted by Crippen LogP contribution is -2.40. The van der Waals surface area contributed by atoms with E-state index < -0.39 is 129 Å². The summed E-state index contributed by atoms with van der Waals surface area (Å²) >= 11 is 0. The highest BCUT2D eigenvalue weighted by Gasteiger charge is 2.50. The first-order chi connectivity index (χ1) is 42.9. The summed E-state index contributed by atoms with van der Waals surface area (Å²) < 4.78 is 213. The lowest BCUT2D eigenvalue weighted by atomic mass is 9.81. The minimum Gasteiger partial charge on any atom is -0.382 e. The molecule has 6 N–H and O–H groups in total. The average Bonchev–Trinajstić information content (AvgIpc) is 1.63. The van der Waals surface area contributed by atoms with E-state index in [-0.39, 0.29) is 110 Å². The fourth-order valence-electron chi connectivity index (χ4n) is 10.7. The number of amides is 6. The summed E-state index contributed by atoms with van der Waals surface area (Å²) in [5.74, 6) is -9.54. The first-order valence-corrected chi connectivity index (χ1v) is 31.0. The molecule has 2 saturated heterocycles. The second kappa shape index (κ2) is 27.7. The predicted octanol–water partition coefficient (Wildman–Crippen LogP) is 5.48. The molecule has 506 valence electrons. The van der Waals surface area contributed by atoms with Crippen molar-refractivity contribution in [3.63, 3.8) is 0 Å². The summed E-state index contributed by atoms with van der Waals surface area (Å²) in [6, 6.07) is -6.12. The SMILES string of the molecule is COC[C@H](c1cnn2cc([C@@H](NC(=O)c3nonc3C)C3CCC(F)(F)CC3)nc2c1)N1C[C@@H](C(F)(F)F)NC1=O.COC[C@H](c1cnn2cc([C@@H](NC(=O)c3nonc3C)C3CCC(F)(F)CC3)nc2c1)N1C[C@@H](C(F)(F)F)NC1=O.O=S(=O)(O)CCS(=O)(=O)O. The number of hydrogen-bond acceptors (Lipinski definition) is 20. The largest absolute Gasteiger partial charge is 0.410 e. The van der Waals surface area contributed by atoms with Crippen LogP contribution in [0.2, 0.25) is 0 Å². The zero-order valence-corrected chi connectivity index (χ0v) is 50.4. The van der Waals surface area contributed by atoms with Gasteiger partial charge < -0.3 is 40.5 Å². The molecule has 42 heteroatoms. The number of alkyl halides is 10. The minimum absolute atomic E-state index is 0.0521. The van der Waals surface area contributed by atoms with Crippen molar-refractivity contribution in [2.45, 2.75) is 126 Å². The van der Waals surface area contributed by atoms with Crippen molar-refractivity contribution >= 4 is 55.4 Å². The van der Waals surface area contributed by atoms with Crippen LogP contribution in [-0.4, -0.2) is 198 Å². The highest BCUT2D eigenvalue weighted by atomic mass is 32.2. The van der Waals surface area contributed by atoms with E-state index in [4.69, 9.17) is 18.6 Å². The summed E-state index contributed by atoms with van der Waals surface area (Å²) in [5, 5.41) is 32.6. The Kier molecular flexibility index (Phi) is 21.1. The van der Waals surface area contributed by atoms with Crippen molar-refractivity contribution in [2.24, 2.45) is 11.8 Å². The fraction of sp³-hybridized carbons (Fsp3) is 0.600. The number of urea groups is 2. The van der Waals surface area contributed by atoms with E-state index in [1.165, 1.54) is 61.9 Å². The van der Waals surface area contributed by atoms with Crippen molar-refractivity contribution in [1.29, 1.82) is 0 Å². The van der Waals surface area contributed by atoms with E-state index >= 15 is 0 Å². The molecule has 30 nitrogen and oxygen atoms in total. The second-order valence-corrected chi connectivity index (χ2v) is 25.3. The Balaban J connectivity index is 0.000000206. The Morgan fingerprint density at radius 3 is 1.27 bits per heavy atom. The van der Waals surface area contributed by atoms with Crippen LogP contribution >= 0.6 is 0 Å². The molecule has 0 radical (unpaired) electrons. The number of fused-ring (bicyclic) bond motifs is 2. The molecule has 6 atom stereocenters. The number of halogens is 10. The zero-order chi connectivity index (χ0) is 67.5. The molecule has 10 rings (SSSR count). The molecule has 4 fully saturated rings. The van der Waals surface area contributed by atoms with Gasteiger partial charge in [0, 0.05) is 51.0 Å². The summed E-state index contributed by atoms with van der Waals surface area (Å²) in [7, 11) is -5.88. The first kappa shape index (κ1) is 69.9. The molecule has 0 aromatic carbocycles. The number of nitrogens with zero attached hydrogens (tertiary/aromatic N) is 12. The number of nitrogens with one attached hydrogen (secondary N) is 4. The highest BCUT2D eigenvalue weighted by molar-refractivity contribution is 7.89. The maximum atomic E-state index is 13.9. The van der Waals surface area contributed by atoms with E-state index in [9.17, 15) is 79.9 Å². The second-order valence-electron chi connectivity index (χ2n) is 22.1. The van der Waals surface area contributed by atoms with E-state index in [0.29, 0.717) is 22.5 Å². The van der Waals surface area contributed by atoms with Crippen LogP contribution in [-0.2, 0) is 29.7 Å². The van der Waals surface area contributed by atoms with Gasteiger partial charge in [-0.15, -0.1) is 0 Å². The Hall–Kier alpha value is -7.96. The number of imidazole rings is 2. The van der Waals surface area contributed by atoms with E-state index in [1.807, 2.05) is 10.6 Å². The van der Waals surface area contributed by atoms with Gasteiger partial charge in [-0.25, -0.2) is 55.4 Å². The number of rotatable bonds is 19. The minimum atomic E-state index is -4.62. The first-order valence-electron chi connectivity index (χ1n) is 27.7. The molecule has 6 amide bonds. The van der Waals surface area contributed by atoms with Gasteiger partial charge in [0.25, 0.3) is 32.1 Å². The van der Waals surface area contributed by atoms with Crippen molar-refractivity contribution < 1.29 is 108 Å². The van der Waals surface area contributed by atoms with E-state index in [0.717, 1.165) is 9.80 Å². The van der Waals surface area contributed by atoms with Gasteiger partial charge in [-0.2, -0.15) is 53.4 Å². The Bertz CT molecular complexity index is 3590. The van der Waals surface area contributed by atoms with Crippen LogP contribution in [0.5, 0.6) is 0 Å². The smallest absolute Gasteiger partial charge is 0.382 e. The van der Waals surface area contributed by atoms with Gasteiger partial charge in [0.15, 0.2) is 22.7 Å². The molecule has 4 aliphatic rings. The van der Waals surface area contributed by atoms with Crippen molar-refractivity contribution in [3.8, 4) is 0 Å². The molecule has 6 aromatic rings. The number of hydrogen-bond donors (Lipinski definition) is 6. The van der Waals surface area contributed by atoms with Crippen molar-refractivity contribution in [1.82, 2.24) is 80.9 Å². The van der Waals surface area contributed by atoms with Crippen LogP contribution in [0.1, 0.15) is 130 Å². The molecule has 0 unspecified atom stereocenters. The predicted molar refractivity (Wildman–Crippen MR) is 290 cm³/mol. The van der Waals surface area contributed by atoms with Gasteiger partial charge in [-0.05, 0) is 73.8 Å². The standard InChI is InChI=1S/2C24H27F5N8O4.C2H6O6S2/c2*1-12-19(35-41-34-12)21(38)33-20(13-3-5-23(25,26)6-4-13)15-9-37-18(31-15)7-14(8-30-37)16(11-40-2)36-10-17(24(27,28)29)32-22(36)39;3-9(4,5)1-2-10(6,7)8/h2*7-9,13,16-17,20H,3-6,10-11H2,1-2H3,(H,32,39)(H,33,38);1-2H2,(H,3,4,5)(H,6,7,8)/t2*16-,17+,20+;/m11./s1. The molecule has 2 aliphatic carbocycles. The third-order valence-corrected chi connectivity index (χ3v) is 17.3. The molecule has 0 bridgehead atoms. The summed E-state index contributed by atoms with van der Waals surface area (Å²) in [6.45, 7) is 1.63. The number of carbonyl (C=O) groups excluding carboxylic acids is 4. The number of aromatic nitrogens is 10. The molecule has 2 saturated carbocycles. The zero-order valence-electron chi connectivity index (χ0n) is 48.7. The van der Waals surface area contributed by atoms with Gasteiger partial charge in [-0.1, -0.05) is 10.3 Å². The average molecular weight is 1360 g/mol. The molecule has 2 aliphatic heterocycles. The van der Waals surface area contributed by atoms with Crippen LogP contribution in [0.15, 0.2) is 46.2 Å². The summed E-state index contributed by atoms with van der Waals surface area (Å²) in [6.07, 6.45) is -4.28. The van der Waals surface area contributed by atoms with Gasteiger partial charge >= 0.3 is 24.4 Å². The molecule has 8 heterocycles. The van der Waals surface area contributed by atoms with Gasteiger partial charge in [-0.3, -0.25) is 18.7 Å². The molecular formula is C50H60F10N16O14S2. The molecule has 0 spiro atoms. The quantitative estimate of drug-likeness (QED) is 0.0431. The fourth-order valence-corrected chi connectivity index (χ4v) is 12.4. The summed E-state index contributed by atoms with van der Waals surface area (Å²) in [5.41, 5.74) is 2.36. The third-order valence-electron chi connectivity index (χ3n) is 15.6. The number of aryl methyl sites for hydroxylation is 2. The number of ether oxygens (including phenoxy) is 2. The van der Waals surface area contributed by atoms with Crippen LogP contribution in [0.4, 0.5) is 53.5 Å². The molecule has 92 heavy (non-hydrogen) atoms. The molecular weight excluding hydrogens is 1300 g/mol. The highest BCUT2D eigenvalue weighted by Crippen LogP contribution is 2.43. The van der Waals surface area contributed by atoms with Gasteiger partial charge in [0.1, 0.15) is 23.5 Å². The lowest BCUT2D eigenvalue weighted by molar-refractivity contribution is -0.151. The van der Waals surface area contributed by atoms with E-state index in [1.54, 1.807) is 12.1 Å². The number of carbonyl (C=O) groups is 4. The Morgan fingerprint density at radius 1 is 0.641 bits per heavy atom. The topological polar surface area (TPSA) is 388 Å². The Morgan fingerprint density at radius 2 is 0.989 bits per heavy atom. The Labute approximate surface area is 514 Å². The lowest BCUT2D eigenvalue weighted by Gasteiger charge is -2.33. The monoisotopic (exact) mass is 1360 g/mol. The van der Waals surface area contributed by atoms with Crippen LogP contribution in [0, 0.1) is 25.7 Å². The third kappa shape index (κ3) is 17.6. The van der Waals surface area contributed by atoms with Crippen LogP contribution in [0.25, 0.3) is 11.3 Å². The van der Waals surface area contributed by atoms with Crippen LogP contribution < -0.4 is 21.3 Å². The number of methoxy groups -OCH3 is 2. The maximum absolute atomic E-state index is 13.9. The normalized spacial score (nSPS) is 20.3. The van der Waals surface area contributed by atoms with Crippen molar-refractivity contribution in [3.05, 3.63) is 82.2 Å². The summed E-state index contributed by atoms with van der Waals surface area (Å²) in [4.78, 5) is 62.0. The van der Waals surface area contributed by atoms with Crippen molar-refractivity contribution in [2.75, 3.05) is 52.0 Å². The van der Waals surface area contributed by atoms with Gasteiger partial charge in [0.2, 0.25) is 11.8 Å².